The standard InChI is InChI=1S/C22H22N6S/c1-14-7-8-17(28-23-9-10-24-28)18(11-14)27-13-15(2)12-19(27)22-25-16-5-4-6-20(29-3)21(16)26-22/h4-11,19H,2,12-13H2,1,3H3,(H,25,26)/t19-/m0/s1. The van der Waals surface area contributed by atoms with Crippen molar-refractivity contribution in [1.82, 2.24) is 25.0 Å². The van der Waals surface area contributed by atoms with Gasteiger partial charge in [-0.05, 0) is 49.4 Å². The molecule has 3 heterocycles. The fourth-order valence-electron chi connectivity index (χ4n) is 4.02. The molecule has 0 amide bonds. The molecule has 1 fully saturated rings. The number of aromatic amines is 1. The van der Waals surface area contributed by atoms with Gasteiger partial charge in [0.05, 0.1) is 29.6 Å². The number of thioether (sulfide) groups is 1. The first-order valence-electron chi connectivity index (χ1n) is 9.57. The van der Waals surface area contributed by atoms with Crippen molar-refractivity contribution in [3.8, 4) is 5.69 Å². The number of hydrogen-bond acceptors (Lipinski definition) is 5. The summed E-state index contributed by atoms with van der Waals surface area (Å²) in [6.45, 7) is 7.18. The van der Waals surface area contributed by atoms with E-state index in [1.807, 2.05) is 0 Å². The van der Waals surface area contributed by atoms with Crippen LogP contribution in [0.3, 0.4) is 0 Å². The number of benzene rings is 2. The van der Waals surface area contributed by atoms with Gasteiger partial charge in [0.15, 0.2) is 0 Å². The van der Waals surface area contributed by atoms with Crippen LogP contribution in [-0.2, 0) is 0 Å². The minimum absolute atomic E-state index is 0.0979. The van der Waals surface area contributed by atoms with Crippen LogP contribution in [0.4, 0.5) is 5.69 Å². The fourth-order valence-corrected chi connectivity index (χ4v) is 4.58. The topological polar surface area (TPSA) is 62.6 Å². The molecule has 7 heteroatoms. The van der Waals surface area contributed by atoms with Gasteiger partial charge in [0, 0.05) is 11.4 Å². The Balaban J connectivity index is 1.63. The van der Waals surface area contributed by atoms with Crippen molar-refractivity contribution in [3.63, 3.8) is 0 Å². The molecule has 6 nitrogen and oxygen atoms in total. The summed E-state index contributed by atoms with van der Waals surface area (Å²) < 4.78 is 0. The van der Waals surface area contributed by atoms with Gasteiger partial charge in [-0.15, -0.1) is 16.6 Å². The van der Waals surface area contributed by atoms with Gasteiger partial charge in [0.2, 0.25) is 0 Å². The second-order valence-corrected chi connectivity index (χ2v) is 8.24. The SMILES string of the molecule is C=C1C[C@@H](c2nc3c(SC)cccc3[nH]2)N(c2cc(C)ccc2-n2nccn2)C1. The summed E-state index contributed by atoms with van der Waals surface area (Å²) in [4.78, 5) is 13.8. The Morgan fingerprint density at radius 2 is 1.97 bits per heavy atom. The molecule has 0 unspecified atom stereocenters. The number of para-hydroxylation sites is 1. The molecule has 4 aromatic rings. The molecular weight excluding hydrogens is 380 g/mol. The van der Waals surface area contributed by atoms with Crippen molar-refractivity contribution in [3.05, 3.63) is 72.3 Å². The number of nitrogens with zero attached hydrogens (tertiary/aromatic N) is 5. The summed E-state index contributed by atoms with van der Waals surface area (Å²) in [6, 6.07) is 12.7. The number of aromatic nitrogens is 5. The van der Waals surface area contributed by atoms with E-state index in [0.29, 0.717) is 0 Å². The number of hydrogen-bond donors (Lipinski definition) is 1. The van der Waals surface area contributed by atoms with Crippen LogP contribution in [-0.4, -0.2) is 37.8 Å². The molecule has 2 aromatic carbocycles. The zero-order valence-electron chi connectivity index (χ0n) is 16.5. The number of imidazole rings is 1. The Morgan fingerprint density at radius 1 is 1.14 bits per heavy atom. The van der Waals surface area contributed by atoms with Gasteiger partial charge in [-0.25, -0.2) is 4.98 Å². The lowest BCUT2D eigenvalue weighted by atomic mass is 10.1. The molecule has 0 aliphatic carbocycles. The van der Waals surface area contributed by atoms with Gasteiger partial charge in [-0.1, -0.05) is 24.3 Å². The Morgan fingerprint density at radius 3 is 2.76 bits per heavy atom. The first kappa shape index (κ1) is 18.0. The molecule has 0 saturated carbocycles. The normalized spacial score (nSPS) is 16.8. The van der Waals surface area contributed by atoms with Gasteiger partial charge in [-0.3, -0.25) is 0 Å². The number of fused-ring (bicyclic) bond motifs is 1. The molecule has 5 rings (SSSR count). The highest BCUT2D eigenvalue weighted by molar-refractivity contribution is 7.98. The first-order valence-corrected chi connectivity index (χ1v) is 10.8. The van der Waals surface area contributed by atoms with Crippen LogP contribution >= 0.6 is 11.8 Å². The molecule has 1 aliphatic heterocycles. The van der Waals surface area contributed by atoms with Crippen molar-refractivity contribution in [2.45, 2.75) is 24.3 Å². The Hall–Kier alpha value is -3.06. The summed E-state index contributed by atoms with van der Waals surface area (Å²) in [5.41, 5.74) is 6.55. The molecule has 1 saturated heterocycles. The summed E-state index contributed by atoms with van der Waals surface area (Å²) in [5, 5.41) is 8.71. The summed E-state index contributed by atoms with van der Waals surface area (Å²) in [7, 11) is 0. The van der Waals surface area contributed by atoms with Crippen LogP contribution in [0.5, 0.6) is 0 Å². The van der Waals surface area contributed by atoms with E-state index in [-0.39, 0.29) is 6.04 Å². The van der Waals surface area contributed by atoms with Crippen molar-refractivity contribution in [2.75, 3.05) is 17.7 Å². The molecule has 146 valence electrons. The third-order valence-corrected chi connectivity index (χ3v) is 6.13. The minimum Gasteiger partial charge on any atom is -0.355 e. The number of rotatable bonds is 4. The van der Waals surface area contributed by atoms with E-state index in [9.17, 15) is 0 Å². The van der Waals surface area contributed by atoms with E-state index in [1.54, 1.807) is 29.0 Å². The molecule has 1 aliphatic rings. The second kappa shape index (κ2) is 7.08. The lowest BCUT2D eigenvalue weighted by molar-refractivity contribution is 0.678. The van der Waals surface area contributed by atoms with Crippen LogP contribution < -0.4 is 4.90 Å². The Labute approximate surface area is 173 Å². The molecule has 0 bridgehead atoms. The Bertz CT molecular complexity index is 1190. The number of aryl methyl sites for hydroxylation is 1. The number of H-pyrrole nitrogens is 1. The Kier molecular flexibility index (Phi) is 4.39. The van der Waals surface area contributed by atoms with E-state index >= 15 is 0 Å². The van der Waals surface area contributed by atoms with E-state index in [2.05, 4.69) is 76.2 Å². The lowest BCUT2D eigenvalue weighted by Gasteiger charge is -2.27. The molecule has 2 aromatic heterocycles. The summed E-state index contributed by atoms with van der Waals surface area (Å²) in [6.07, 6.45) is 6.36. The van der Waals surface area contributed by atoms with Gasteiger partial charge in [0.25, 0.3) is 0 Å². The van der Waals surface area contributed by atoms with Crippen LogP contribution in [0.1, 0.15) is 23.9 Å². The van der Waals surface area contributed by atoms with E-state index in [0.717, 1.165) is 41.2 Å². The van der Waals surface area contributed by atoms with Crippen LogP contribution in [0.25, 0.3) is 16.7 Å². The maximum Gasteiger partial charge on any atom is 0.130 e. The van der Waals surface area contributed by atoms with Gasteiger partial charge in [-0.2, -0.15) is 10.2 Å². The predicted octanol–water partition coefficient (Wildman–Crippen LogP) is 4.68. The molecule has 0 radical (unpaired) electrons. The van der Waals surface area contributed by atoms with Gasteiger partial charge < -0.3 is 9.88 Å². The highest BCUT2D eigenvalue weighted by atomic mass is 32.2. The highest BCUT2D eigenvalue weighted by Crippen LogP contribution is 2.40. The quantitative estimate of drug-likeness (QED) is 0.397. The monoisotopic (exact) mass is 402 g/mol. The van der Waals surface area contributed by atoms with Gasteiger partial charge >= 0.3 is 0 Å². The average Bonchev–Trinajstić information content (AvgIpc) is 3.46. The predicted molar refractivity (Wildman–Crippen MR) is 118 cm³/mol. The zero-order valence-corrected chi connectivity index (χ0v) is 17.3. The smallest absolute Gasteiger partial charge is 0.130 e. The second-order valence-electron chi connectivity index (χ2n) is 7.39. The van der Waals surface area contributed by atoms with Crippen LogP contribution in [0, 0.1) is 6.92 Å². The molecule has 0 spiro atoms. The third kappa shape index (κ3) is 3.11. The van der Waals surface area contributed by atoms with Crippen molar-refractivity contribution in [1.29, 1.82) is 0 Å². The maximum atomic E-state index is 4.99. The largest absolute Gasteiger partial charge is 0.355 e. The highest BCUT2D eigenvalue weighted by Gasteiger charge is 2.33. The van der Waals surface area contributed by atoms with Crippen LogP contribution in [0.15, 0.2) is 65.8 Å². The zero-order chi connectivity index (χ0) is 20.0. The van der Waals surface area contributed by atoms with Crippen molar-refractivity contribution >= 4 is 28.5 Å². The molecule has 29 heavy (non-hydrogen) atoms. The first-order chi connectivity index (χ1) is 14.1. The van der Waals surface area contributed by atoms with Gasteiger partial charge in [0.1, 0.15) is 17.0 Å². The van der Waals surface area contributed by atoms with Crippen LogP contribution in [0.2, 0.25) is 0 Å². The number of nitrogens with one attached hydrogen (secondary N) is 1. The van der Waals surface area contributed by atoms with Crippen molar-refractivity contribution < 1.29 is 0 Å². The summed E-state index contributed by atoms with van der Waals surface area (Å²) in [5.74, 6) is 0.973. The molecule has 1 N–H and O–H groups in total. The fraction of sp³-hybridized carbons (Fsp3) is 0.227. The number of anilines is 1. The maximum absolute atomic E-state index is 4.99. The van der Waals surface area contributed by atoms with E-state index in [1.165, 1.54) is 16.0 Å². The van der Waals surface area contributed by atoms with E-state index < -0.39 is 0 Å². The summed E-state index contributed by atoms with van der Waals surface area (Å²) >= 11 is 1.72. The molecule has 1 atom stereocenters. The minimum atomic E-state index is 0.0979. The third-order valence-electron chi connectivity index (χ3n) is 5.36. The van der Waals surface area contributed by atoms with Crippen molar-refractivity contribution in [2.24, 2.45) is 0 Å². The molecular formula is C22H22N6S. The average molecular weight is 403 g/mol. The van der Waals surface area contributed by atoms with E-state index in [4.69, 9.17) is 4.98 Å². The lowest BCUT2D eigenvalue weighted by Crippen LogP contribution is -2.25.